The van der Waals surface area contributed by atoms with E-state index in [9.17, 15) is 4.39 Å². The summed E-state index contributed by atoms with van der Waals surface area (Å²) >= 11 is 3.34. The van der Waals surface area contributed by atoms with Crippen LogP contribution in [0.25, 0.3) is 0 Å². The van der Waals surface area contributed by atoms with E-state index in [2.05, 4.69) is 27.8 Å². The second kappa shape index (κ2) is 7.36. The zero-order chi connectivity index (χ0) is 13.7. The van der Waals surface area contributed by atoms with Gasteiger partial charge in [-0.05, 0) is 49.6 Å². The van der Waals surface area contributed by atoms with Gasteiger partial charge in [0.1, 0.15) is 5.82 Å². The average molecular weight is 330 g/mol. The van der Waals surface area contributed by atoms with Crippen molar-refractivity contribution in [3.63, 3.8) is 0 Å². The number of hydrogen-bond acceptors (Lipinski definition) is 2. The molecule has 4 heteroatoms. The van der Waals surface area contributed by atoms with Crippen molar-refractivity contribution in [2.24, 2.45) is 0 Å². The van der Waals surface area contributed by atoms with Gasteiger partial charge in [0.15, 0.2) is 0 Å². The number of ether oxygens (including phenoxy) is 1. The highest BCUT2D eigenvalue weighted by atomic mass is 79.9. The van der Waals surface area contributed by atoms with E-state index in [1.54, 1.807) is 6.07 Å². The summed E-state index contributed by atoms with van der Waals surface area (Å²) in [5.74, 6) is -0.180. The monoisotopic (exact) mass is 329 g/mol. The molecule has 1 heterocycles. The molecule has 0 aromatic heterocycles. The molecule has 0 bridgehead atoms. The number of benzene rings is 1. The van der Waals surface area contributed by atoms with Gasteiger partial charge in [-0.1, -0.05) is 22.9 Å². The molecule has 106 valence electrons. The van der Waals surface area contributed by atoms with Gasteiger partial charge in [0, 0.05) is 24.2 Å². The topological polar surface area (TPSA) is 12.5 Å². The molecule has 0 N–H and O–H groups in total. The normalized spacial score (nSPS) is 20.7. The Bertz CT molecular complexity index is 393. The lowest BCUT2D eigenvalue weighted by molar-refractivity contribution is -0.00224. The van der Waals surface area contributed by atoms with Gasteiger partial charge in [-0.15, -0.1) is 0 Å². The van der Waals surface area contributed by atoms with Crippen LogP contribution in [0.1, 0.15) is 31.7 Å². The first kappa shape index (κ1) is 14.9. The van der Waals surface area contributed by atoms with Gasteiger partial charge in [-0.25, -0.2) is 4.39 Å². The van der Waals surface area contributed by atoms with Crippen molar-refractivity contribution in [2.45, 2.75) is 38.8 Å². The Morgan fingerprint density at radius 2 is 2.26 bits per heavy atom. The Morgan fingerprint density at radius 3 is 3.00 bits per heavy atom. The number of rotatable bonds is 5. The third kappa shape index (κ3) is 4.86. The fraction of sp³-hybridized carbons (Fsp3) is 0.600. The van der Waals surface area contributed by atoms with Crippen molar-refractivity contribution in [1.29, 1.82) is 0 Å². The van der Waals surface area contributed by atoms with Crippen LogP contribution in [-0.2, 0) is 11.3 Å². The van der Waals surface area contributed by atoms with Crippen LogP contribution in [-0.4, -0.2) is 30.7 Å². The van der Waals surface area contributed by atoms with Crippen LogP contribution in [0.5, 0.6) is 0 Å². The van der Waals surface area contributed by atoms with E-state index >= 15 is 0 Å². The van der Waals surface area contributed by atoms with Gasteiger partial charge in [-0.3, -0.25) is 4.90 Å². The summed E-state index contributed by atoms with van der Waals surface area (Å²) in [7, 11) is 0. The molecule has 0 radical (unpaired) electrons. The molecule has 0 spiro atoms. The van der Waals surface area contributed by atoms with E-state index < -0.39 is 0 Å². The lowest BCUT2D eigenvalue weighted by Gasteiger charge is -2.32. The minimum absolute atomic E-state index is 0.180. The second-order valence-corrected chi connectivity index (χ2v) is 6.06. The standard InChI is InChI=1S/C15H21BrFNO/c1-2-6-19-15-4-3-5-18(11-15)10-12-7-13(16)9-14(17)8-12/h7-9,15H,2-6,10-11H2,1H3. The second-order valence-electron chi connectivity index (χ2n) is 5.15. The van der Waals surface area contributed by atoms with E-state index in [0.29, 0.717) is 6.10 Å². The van der Waals surface area contributed by atoms with Crippen LogP contribution in [0.2, 0.25) is 0 Å². The highest BCUT2D eigenvalue weighted by Crippen LogP contribution is 2.19. The molecule has 0 saturated carbocycles. The van der Waals surface area contributed by atoms with Crippen molar-refractivity contribution in [1.82, 2.24) is 4.90 Å². The number of piperidine rings is 1. The number of likely N-dealkylation sites (tertiary alicyclic amines) is 1. The SMILES string of the molecule is CCCOC1CCCN(Cc2cc(F)cc(Br)c2)C1. The first-order valence-corrected chi connectivity index (χ1v) is 7.75. The number of nitrogens with zero attached hydrogens (tertiary/aromatic N) is 1. The molecule has 1 aliphatic rings. The summed E-state index contributed by atoms with van der Waals surface area (Å²) in [6, 6.07) is 5.09. The van der Waals surface area contributed by atoms with E-state index in [1.807, 2.05) is 6.07 Å². The Labute approximate surface area is 123 Å². The Morgan fingerprint density at radius 1 is 1.42 bits per heavy atom. The fourth-order valence-electron chi connectivity index (χ4n) is 2.54. The molecule has 0 amide bonds. The molecule has 1 unspecified atom stereocenters. The lowest BCUT2D eigenvalue weighted by atomic mass is 10.1. The Kier molecular flexibility index (Phi) is 5.79. The molecule has 2 nitrogen and oxygen atoms in total. The molecule has 1 aromatic rings. The van der Waals surface area contributed by atoms with Gasteiger partial charge >= 0.3 is 0 Å². The molecule has 2 rings (SSSR count). The molecule has 1 aromatic carbocycles. The Hall–Kier alpha value is -0.450. The quantitative estimate of drug-likeness (QED) is 0.810. The zero-order valence-corrected chi connectivity index (χ0v) is 13.0. The predicted molar refractivity (Wildman–Crippen MR) is 78.6 cm³/mol. The largest absolute Gasteiger partial charge is 0.377 e. The van der Waals surface area contributed by atoms with E-state index in [4.69, 9.17) is 4.74 Å². The van der Waals surface area contributed by atoms with E-state index in [1.165, 1.54) is 6.07 Å². The van der Waals surface area contributed by atoms with Gasteiger partial charge in [-0.2, -0.15) is 0 Å². The zero-order valence-electron chi connectivity index (χ0n) is 11.4. The van der Waals surface area contributed by atoms with Gasteiger partial charge in [0.25, 0.3) is 0 Å². The maximum absolute atomic E-state index is 13.4. The summed E-state index contributed by atoms with van der Waals surface area (Å²) in [6.07, 6.45) is 3.70. The predicted octanol–water partition coefficient (Wildman–Crippen LogP) is 3.98. The third-order valence-electron chi connectivity index (χ3n) is 3.35. The Balaban J connectivity index is 1.91. The van der Waals surface area contributed by atoms with Crippen molar-refractivity contribution >= 4 is 15.9 Å². The molecular formula is C15H21BrFNO. The van der Waals surface area contributed by atoms with Crippen molar-refractivity contribution in [3.05, 3.63) is 34.1 Å². The van der Waals surface area contributed by atoms with Crippen molar-refractivity contribution in [2.75, 3.05) is 19.7 Å². The highest BCUT2D eigenvalue weighted by molar-refractivity contribution is 9.10. The first-order chi connectivity index (χ1) is 9.17. The van der Waals surface area contributed by atoms with Gasteiger partial charge in [0.2, 0.25) is 0 Å². The summed E-state index contributed by atoms with van der Waals surface area (Å²) in [5.41, 5.74) is 1.02. The third-order valence-corrected chi connectivity index (χ3v) is 3.81. The molecular weight excluding hydrogens is 309 g/mol. The van der Waals surface area contributed by atoms with E-state index in [-0.39, 0.29) is 5.82 Å². The van der Waals surface area contributed by atoms with Crippen LogP contribution in [0.4, 0.5) is 4.39 Å². The summed E-state index contributed by atoms with van der Waals surface area (Å²) < 4.78 is 20.0. The maximum Gasteiger partial charge on any atom is 0.124 e. The van der Waals surface area contributed by atoms with Crippen LogP contribution < -0.4 is 0 Å². The van der Waals surface area contributed by atoms with Gasteiger partial charge < -0.3 is 4.74 Å². The summed E-state index contributed by atoms with van der Waals surface area (Å²) in [4.78, 5) is 2.35. The molecule has 0 aliphatic carbocycles. The summed E-state index contributed by atoms with van der Waals surface area (Å²) in [5, 5.41) is 0. The van der Waals surface area contributed by atoms with Crippen LogP contribution >= 0.6 is 15.9 Å². The molecule has 1 saturated heterocycles. The fourth-order valence-corrected chi connectivity index (χ4v) is 3.05. The highest BCUT2D eigenvalue weighted by Gasteiger charge is 2.20. The van der Waals surface area contributed by atoms with E-state index in [0.717, 1.165) is 55.5 Å². The minimum atomic E-state index is -0.180. The first-order valence-electron chi connectivity index (χ1n) is 6.96. The number of halogens is 2. The van der Waals surface area contributed by atoms with Crippen molar-refractivity contribution < 1.29 is 9.13 Å². The van der Waals surface area contributed by atoms with Crippen LogP contribution in [0.15, 0.2) is 22.7 Å². The van der Waals surface area contributed by atoms with Gasteiger partial charge in [0.05, 0.1) is 6.10 Å². The molecule has 1 aliphatic heterocycles. The van der Waals surface area contributed by atoms with Crippen molar-refractivity contribution in [3.8, 4) is 0 Å². The maximum atomic E-state index is 13.4. The molecule has 1 atom stereocenters. The average Bonchev–Trinajstić information content (AvgIpc) is 2.35. The molecule has 19 heavy (non-hydrogen) atoms. The van der Waals surface area contributed by atoms with Crippen LogP contribution in [0, 0.1) is 5.82 Å². The smallest absolute Gasteiger partial charge is 0.124 e. The minimum Gasteiger partial charge on any atom is -0.377 e. The number of hydrogen-bond donors (Lipinski definition) is 0. The van der Waals surface area contributed by atoms with Crippen LogP contribution in [0.3, 0.4) is 0 Å². The lowest BCUT2D eigenvalue weighted by Crippen LogP contribution is -2.39. The molecule has 1 fully saturated rings. The summed E-state index contributed by atoms with van der Waals surface area (Å²) in [6.45, 7) is 5.78.